The molecule has 6 heteroatoms. The van der Waals surface area contributed by atoms with Crippen LogP contribution in [0.25, 0.3) is 11.0 Å². The summed E-state index contributed by atoms with van der Waals surface area (Å²) in [5.74, 6) is 1.45. The van der Waals surface area contributed by atoms with Crippen molar-refractivity contribution in [2.24, 2.45) is 0 Å². The number of pyridine rings is 1. The molecule has 0 fully saturated rings. The molecule has 0 aliphatic heterocycles. The third-order valence-electron chi connectivity index (χ3n) is 2.42. The minimum absolute atomic E-state index is 0.509. The van der Waals surface area contributed by atoms with Gasteiger partial charge in [0.25, 0.3) is 0 Å². The van der Waals surface area contributed by atoms with E-state index in [2.05, 4.69) is 31.0 Å². The molecule has 3 rings (SSSR count). The maximum absolute atomic E-state index is 5.43. The average molecular weight is 293 g/mol. The number of aromatic nitrogens is 4. The monoisotopic (exact) mass is 292 g/mol. The highest BCUT2D eigenvalue weighted by Gasteiger charge is 2.08. The summed E-state index contributed by atoms with van der Waals surface area (Å²) in [6.07, 6.45) is 5.19. The van der Waals surface area contributed by atoms with Gasteiger partial charge in [-0.2, -0.15) is 5.10 Å². The number of halogens is 1. The number of rotatable bonds is 2. The number of hydrogen-bond donors (Lipinski definition) is 0. The highest BCUT2D eigenvalue weighted by atomic mass is 79.9. The summed E-state index contributed by atoms with van der Waals surface area (Å²) in [6, 6.07) is 1.98. The molecule has 86 valence electrons. The number of nitrogens with zero attached hydrogens (tertiary/aromatic N) is 4. The third kappa shape index (κ3) is 1.95. The molecule has 5 nitrogen and oxygen atoms in total. The Bertz CT molecular complexity index is 673. The average Bonchev–Trinajstić information content (AvgIpc) is 2.87. The highest BCUT2D eigenvalue weighted by Crippen LogP contribution is 2.17. The van der Waals surface area contributed by atoms with Crippen LogP contribution >= 0.6 is 15.9 Å². The van der Waals surface area contributed by atoms with Crippen LogP contribution in [-0.2, 0) is 6.54 Å². The van der Waals surface area contributed by atoms with E-state index in [-0.39, 0.29) is 0 Å². The summed E-state index contributed by atoms with van der Waals surface area (Å²) in [5, 5.41) is 4.27. The normalized spacial score (nSPS) is 11.2. The Morgan fingerprint density at radius 1 is 1.29 bits per heavy atom. The van der Waals surface area contributed by atoms with Crippen LogP contribution in [0.3, 0.4) is 0 Å². The summed E-state index contributed by atoms with van der Waals surface area (Å²) >= 11 is 3.40. The lowest BCUT2D eigenvalue weighted by Gasteiger charge is -1.99. The third-order valence-corrected chi connectivity index (χ3v) is 2.85. The van der Waals surface area contributed by atoms with Gasteiger partial charge in [0.05, 0.1) is 17.9 Å². The zero-order chi connectivity index (χ0) is 11.8. The number of oxazole rings is 1. The van der Waals surface area contributed by atoms with Crippen LogP contribution in [0.5, 0.6) is 0 Å². The number of fused-ring (bicyclic) bond motifs is 1. The van der Waals surface area contributed by atoms with E-state index in [0.29, 0.717) is 12.4 Å². The molecular formula is C11H9BrN4O. The second kappa shape index (κ2) is 3.96. The Morgan fingerprint density at radius 3 is 2.94 bits per heavy atom. The highest BCUT2D eigenvalue weighted by molar-refractivity contribution is 9.10. The van der Waals surface area contributed by atoms with Crippen LogP contribution in [0.15, 0.2) is 33.5 Å². The lowest BCUT2D eigenvalue weighted by Crippen LogP contribution is -2.01. The zero-order valence-corrected chi connectivity index (χ0v) is 10.7. The van der Waals surface area contributed by atoms with Gasteiger partial charge in [-0.15, -0.1) is 0 Å². The van der Waals surface area contributed by atoms with Gasteiger partial charge in [0.1, 0.15) is 17.8 Å². The predicted octanol–water partition coefficient (Wildman–Crippen LogP) is 2.54. The number of aryl methyl sites for hydroxylation is 1. The van der Waals surface area contributed by atoms with Gasteiger partial charge in [-0.25, -0.2) is 4.98 Å². The maximum Gasteiger partial charge on any atom is 0.216 e. The summed E-state index contributed by atoms with van der Waals surface area (Å²) in [6.45, 7) is 2.38. The van der Waals surface area contributed by atoms with Crippen molar-refractivity contribution in [1.29, 1.82) is 0 Å². The Labute approximate surface area is 106 Å². The fourth-order valence-corrected chi connectivity index (χ4v) is 1.98. The molecule has 0 saturated heterocycles. The van der Waals surface area contributed by atoms with Crippen molar-refractivity contribution in [2.75, 3.05) is 0 Å². The molecule has 0 radical (unpaired) electrons. The van der Waals surface area contributed by atoms with Gasteiger partial charge in [-0.1, -0.05) is 0 Å². The molecule has 0 aromatic carbocycles. The Kier molecular flexibility index (Phi) is 2.44. The molecule has 0 bridgehead atoms. The van der Waals surface area contributed by atoms with E-state index in [4.69, 9.17) is 4.42 Å². The zero-order valence-electron chi connectivity index (χ0n) is 9.09. The van der Waals surface area contributed by atoms with E-state index in [9.17, 15) is 0 Å². The van der Waals surface area contributed by atoms with Crippen molar-refractivity contribution in [3.8, 4) is 0 Å². The lowest BCUT2D eigenvalue weighted by molar-refractivity contribution is 0.450. The van der Waals surface area contributed by atoms with Crippen molar-refractivity contribution in [3.05, 3.63) is 40.8 Å². The van der Waals surface area contributed by atoms with Crippen LogP contribution in [0.1, 0.15) is 11.7 Å². The summed E-state index contributed by atoms with van der Waals surface area (Å²) < 4.78 is 8.18. The first-order valence-corrected chi connectivity index (χ1v) is 5.90. The van der Waals surface area contributed by atoms with Crippen molar-refractivity contribution in [1.82, 2.24) is 19.7 Å². The molecule has 0 aliphatic rings. The van der Waals surface area contributed by atoms with Crippen molar-refractivity contribution < 1.29 is 4.42 Å². The van der Waals surface area contributed by atoms with Gasteiger partial charge in [-0.3, -0.25) is 9.67 Å². The summed E-state index contributed by atoms with van der Waals surface area (Å²) in [7, 11) is 0. The fourth-order valence-electron chi connectivity index (χ4n) is 1.66. The van der Waals surface area contributed by atoms with E-state index >= 15 is 0 Å². The Hall–Kier alpha value is -1.69. The number of hydrogen-bond acceptors (Lipinski definition) is 4. The fraction of sp³-hybridized carbons (Fsp3) is 0.182. The van der Waals surface area contributed by atoms with Crippen LogP contribution < -0.4 is 0 Å². The smallest absolute Gasteiger partial charge is 0.216 e. The van der Waals surface area contributed by atoms with Gasteiger partial charge >= 0.3 is 0 Å². The van der Waals surface area contributed by atoms with E-state index < -0.39 is 0 Å². The molecule has 0 atom stereocenters. The van der Waals surface area contributed by atoms with E-state index in [1.54, 1.807) is 18.6 Å². The first-order valence-electron chi connectivity index (χ1n) is 5.11. The Balaban J connectivity index is 2.03. The first-order chi connectivity index (χ1) is 8.22. The maximum atomic E-state index is 5.43. The summed E-state index contributed by atoms with van der Waals surface area (Å²) in [5.41, 5.74) is 1.81. The molecule has 0 spiro atoms. The van der Waals surface area contributed by atoms with Crippen molar-refractivity contribution >= 4 is 27.0 Å². The van der Waals surface area contributed by atoms with Crippen LogP contribution in [-0.4, -0.2) is 19.7 Å². The molecule has 17 heavy (non-hydrogen) atoms. The van der Waals surface area contributed by atoms with Gasteiger partial charge in [-0.05, 0) is 28.9 Å². The molecule has 0 aliphatic carbocycles. The van der Waals surface area contributed by atoms with Gasteiger partial charge in [0, 0.05) is 10.7 Å². The second-order valence-electron chi connectivity index (χ2n) is 3.72. The molecule has 3 aromatic heterocycles. The summed E-state index contributed by atoms with van der Waals surface area (Å²) in [4.78, 5) is 8.43. The molecule has 0 amide bonds. The Morgan fingerprint density at radius 2 is 2.18 bits per heavy atom. The van der Waals surface area contributed by atoms with Crippen LogP contribution in [0, 0.1) is 6.92 Å². The lowest BCUT2D eigenvalue weighted by atomic mass is 10.4. The van der Waals surface area contributed by atoms with Crippen LogP contribution in [0.2, 0.25) is 0 Å². The largest absolute Gasteiger partial charge is 0.444 e. The minimum atomic E-state index is 0.509. The minimum Gasteiger partial charge on any atom is -0.444 e. The molecule has 0 saturated carbocycles. The molecule has 0 N–H and O–H groups in total. The molecular weight excluding hydrogens is 284 g/mol. The van der Waals surface area contributed by atoms with Gasteiger partial charge in [0.15, 0.2) is 0 Å². The molecule has 0 unspecified atom stereocenters. The quantitative estimate of drug-likeness (QED) is 0.728. The second-order valence-corrected chi connectivity index (χ2v) is 4.64. The first kappa shape index (κ1) is 10.5. The standard InChI is InChI=1S/C11H9BrN4O/c1-7-3-14-11(17-7)6-16-10-2-8(12)4-13-9(10)5-15-16/h2-5H,6H2,1H3. The van der Waals surface area contributed by atoms with Crippen LogP contribution in [0.4, 0.5) is 0 Å². The SMILES string of the molecule is Cc1cnc(Cn2ncc3ncc(Br)cc32)o1. The molecule has 3 heterocycles. The van der Waals surface area contributed by atoms with Gasteiger partial charge < -0.3 is 4.42 Å². The molecule has 3 aromatic rings. The predicted molar refractivity (Wildman–Crippen MR) is 65.6 cm³/mol. The van der Waals surface area contributed by atoms with Crippen molar-refractivity contribution in [2.45, 2.75) is 13.5 Å². The van der Waals surface area contributed by atoms with E-state index in [1.807, 2.05) is 17.7 Å². The topological polar surface area (TPSA) is 56.7 Å². The van der Waals surface area contributed by atoms with E-state index in [0.717, 1.165) is 21.3 Å². The van der Waals surface area contributed by atoms with Crippen molar-refractivity contribution in [3.63, 3.8) is 0 Å². The van der Waals surface area contributed by atoms with Gasteiger partial charge in [0.2, 0.25) is 5.89 Å². The van der Waals surface area contributed by atoms with E-state index in [1.165, 1.54) is 0 Å².